The summed E-state index contributed by atoms with van der Waals surface area (Å²) in [7, 11) is 0. The molecule has 1 aromatic carbocycles. The van der Waals surface area contributed by atoms with Gasteiger partial charge < -0.3 is 4.57 Å². The molecule has 2 heteroatoms. The normalized spacial score (nSPS) is 10.3. The fraction of sp³-hybridized carbons (Fsp3) is 0.250. The number of benzene rings is 1. The Morgan fingerprint density at radius 3 is 2.93 bits per heavy atom. The van der Waals surface area contributed by atoms with Crippen LogP contribution in [0.3, 0.4) is 0 Å². The molecule has 0 aliphatic carbocycles. The lowest BCUT2D eigenvalue weighted by Crippen LogP contribution is -1.93. The van der Waals surface area contributed by atoms with Crippen LogP contribution in [0.2, 0.25) is 0 Å². The predicted molar refractivity (Wildman–Crippen MR) is 56.9 cm³/mol. The van der Waals surface area contributed by atoms with Crippen LogP contribution in [-0.4, -0.2) is 4.57 Å². The van der Waals surface area contributed by atoms with Crippen molar-refractivity contribution in [3.8, 4) is 6.07 Å². The molecule has 2 nitrogen and oxygen atoms in total. The minimum Gasteiger partial charge on any atom is -0.346 e. The molecule has 0 saturated heterocycles. The minimum absolute atomic E-state index is 0.568. The van der Waals surface area contributed by atoms with Crippen LogP contribution in [0.4, 0.5) is 0 Å². The first-order valence-corrected chi connectivity index (χ1v) is 4.74. The van der Waals surface area contributed by atoms with Gasteiger partial charge in [-0.25, -0.2) is 0 Å². The summed E-state index contributed by atoms with van der Waals surface area (Å²) in [5.74, 6) is 0. The predicted octanol–water partition coefficient (Wildman–Crippen LogP) is 2.86. The average Bonchev–Trinajstić information content (AvgIpc) is 2.54. The lowest BCUT2D eigenvalue weighted by molar-refractivity contribution is 0.743. The Hall–Kier alpha value is -1.75. The van der Waals surface area contributed by atoms with E-state index in [1.165, 1.54) is 16.5 Å². The van der Waals surface area contributed by atoms with Gasteiger partial charge in [-0.3, -0.25) is 0 Å². The molecule has 0 radical (unpaired) electrons. The molecule has 0 spiro atoms. The zero-order valence-corrected chi connectivity index (χ0v) is 8.20. The molecular weight excluding hydrogens is 172 g/mol. The number of fused-ring (bicyclic) bond motifs is 1. The average molecular weight is 184 g/mol. The number of rotatable bonds is 2. The van der Waals surface area contributed by atoms with Crippen molar-refractivity contribution in [2.45, 2.75) is 19.9 Å². The highest BCUT2D eigenvalue weighted by atomic mass is 14.9. The van der Waals surface area contributed by atoms with Crippen molar-refractivity contribution < 1.29 is 0 Å². The second-order valence-electron chi connectivity index (χ2n) is 3.43. The summed E-state index contributed by atoms with van der Waals surface area (Å²) in [6, 6.07) is 10.5. The first-order chi connectivity index (χ1) is 6.83. The molecule has 0 amide bonds. The Balaban J connectivity index is 2.51. The third-order valence-corrected chi connectivity index (χ3v) is 2.45. The Labute approximate surface area is 83.4 Å². The molecule has 2 aromatic rings. The van der Waals surface area contributed by atoms with Crippen LogP contribution in [0.1, 0.15) is 12.0 Å². The third-order valence-electron chi connectivity index (χ3n) is 2.45. The highest BCUT2D eigenvalue weighted by Crippen LogP contribution is 2.20. The van der Waals surface area contributed by atoms with Crippen molar-refractivity contribution in [3.05, 3.63) is 36.0 Å². The standard InChI is InChI=1S/C12H12N2/c1-10-9-14(8-4-7-13)12-6-3-2-5-11(10)12/h2-3,5-6,9H,4,8H2,1H3. The molecule has 1 aromatic heterocycles. The van der Waals surface area contributed by atoms with Gasteiger partial charge >= 0.3 is 0 Å². The van der Waals surface area contributed by atoms with Crippen molar-refractivity contribution in [2.75, 3.05) is 0 Å². The number of nitrogens with zero attached hydrogens (tertiary/aromatic N) is 2. The SMILES string of the molecule is Cc1cn(CCC#N)c2ccccc12. The van der Waals surface area contributed by atoms with Gasteiger partial charge in [-0.15, -0.1) is 0 Å². The van der Waals surface area contributed by atoms with E-state index in [0.717, 1.165) is 6.54 Å². The van der Waals surface area contributed by atoms with Gasteiger partial charge in [0.05, 0.1) is 12.5 Å². The van der Waals surface area contributed by atoms with Gasteiger partial charge in [-0.1, -0.05) is 18.2 Å². The van der Waals surface area contributed by atoms with Crippen LogP contribution >= 0.6 is 0 Å². The van der Waals surface area contributed by atoms with E-state index in [0.29, 0.717) is 6.42 Å². The van der Waals surface area contributed by atoms with Crippen LogP contribution in [0, 0.1) is 18.3 Å². The van der Waals surface area contributed by atoms with Crippen molar-refractivity contribution in [1.29, 1.82) is 5.26 Å². The largest absolute Gasteiger partial charge is 0.346 e. The molecule has 0 unspecified atom stereocenters. The van der Waals surface area contributed by atoms with Crippen LogP contribution in [-0.2, 0) is 6.54 Å². The molecule has 0 aliphatic rings. The maximum absolute atomic E-state index is 8.54. The zero-order valence-electron chi connectivity index (χ0n) is 8.20. The maximum atomic E-state index is 8.54. The van der Waals surface area contributed by atoms with Gasteiger partial charge in [0, 0.05) is 23.6 Å². The van der Waals surface area contributed by atoms with Crippen molar-refractivity contribution in [3.63, 3.8) is 0 Å². The summed E-state index contributed by atoms with van der Waals surface area (Å²) in [5.41, 5.74) is 2.50. The highest BCUT2D eigenvalue weighted by Gasteiger charge is 2.02. The smallest absolute Gasteiger partial charge is 0.0640 e. The lowest BCUT2D eigenvalue weighted by Gasteiger charge is -2.00. The van der Waals surface area contributed by atoms with Gasteiger partial charge in [0.25, 0.3) is 0 Å². The maximum Gasteiger partial charge on any atom is 0.0640 e. The Morgan fingerprint density at radius 2 is 2.14 bits per heavy atom. The molecule has 0 bridgehead atoms. The molecule has 0 N–H and O–H groups in total. The number of aromatic nitrogens is 1. The summed E-state index contributed by atoms with van der Waals surface area (Å²) in [4.78, 5) is 0. The monoisotopic (exact) mass is 184 g/mol. The van der Waals surface area contributed by atoms with Crippen LogP contribution in [0.15, 0.2) is 30.5 Å². The van der Waals surface area contributed by atoms with Crippen molar-refractivity contribution >= 4 is 10.9 Å². The van der Waals surface area contributed by atoms with Gasteiger partial charge in [-0.05, 0) is 18.6 Å². The number of aryl methyl sites for hydroxylation is 2. The van der Waals surface area contributed by atoms with E-state index in [9.17, 15) is 0 Å². The second-order valence-corrected chi connectivity index (χ2v) is 3.43. The van der Waals surface area contributed by atoms with E-state index in [1.807, 2.05) is 12.1 Å². The number of hydrogen-bond acceptors (Lipinski definition) is 1. The Kier molecular flexibility index (Phi) is 2.24. The molecule has 0 saturated carbocycles. The van der Waals surface area contributed by atoms with Gasteiger partial charge in [0.2, 0.25) is 0 Å². The Morgan fingerprint density at radius 1 is 1.36 bits per heavy atom. The third kappa shape index (κ3) is 1.38. The van der Waals surface area contributed by atoms with Crippen molar-refractivity contribution in [1.82, 2.24) is 4.57 Å². The first kappa shape index (κ1) is 8.83. The summed E-state index contributed by atoms with van der Waals surface area (Å²) < 4.78 is 2.15. The van der Waals surface area contributed by atoms with Crippen LogP contribution in [0.25, 0.3) is 10.9 Å². The molecule has 70 valence electrons. The molecule has 0 aliphatic heterocycles. The van der Waals surface area contributed by atoms with Gasteiger partial charge in [0.15, 0.2) is 0 Å². The highest BCUT2D eigenvalue weighted by molar-refractivity contribution is 5.83. The van der Waals surface area contributed by atoms with E-state index < -0.39 is 0 Å². The summed E-state index contributed by atoms with van der Waals surface area (Å²) in [5, 5.41) is 9.83. The van der Waals surface area contributed by atoms with E-state index in [-0.39, 0.29) is 0 Å². The molecule has 0 atom stereocenters. The molecular formula is C12H12N2. The fourth-order valence-electron chi connectivity index (χ4n) is 1.79. The van der Waals surface area contributed by atoms with E-state index >= 15 is 0 Å². The summed E-state index contributed by atoms with van der Waals surface area (Å²) >= 11 is 0. The first-order valence-electron chi connectivity index (χ1n) is 4.74. The van der Waals surface area contributed by atoms with Gasteiger partial charge in [0.1, 0.15) is 0 Å². The van der Waals surface area contributed by atoms with Gasteiger partial charge in [-0.2, -0.15) is 5.26 Å². The quantitative estimate of drug-likeness (QED) is 0.705. The second kappa shape index (κ2) is 3.55. The topological polar surface area (TPSA) is 28.7 Å². The van der Waals surface area contributed by atoms with Crippen LogP contribution in [0.5, 0.6) is 0 Å². The number of hydrogen-bond donors (Lipinski definition) is 0. The minimum atomic E-state index is 0.568. The van der Waals surface area contributed by atoms with E-state index in [4.69, 9.17) is 5.26 Å². The Bertz CT molecular complexity index is 488. The zero-order chi connectivity index (χ0) is 9.97. The number of nitriles is 1. The fourth-order valence-corrected chi connectivity index (χ4v) is 1.79. The molecule has 14 heavy (non-hydrogen) atoms. The summed E-state index contributed by atoms with van der Waals surface area (Å²) in [6.07, 6.45) is 2.68. The van der Waals surface area contributed by atoms with Crippen molar-refractivity contribution in [2.24, 2.45) is 0 Å². The molecule has 0 fully saturated rings. The molecule has 1 heterocycles. The lowest BCUT2D eigenvalue weighted by atomic mass is 10.2. The van der Waals surface area contributed by atoms with E-state index in [2.05, 4.69) is 35.9 Å². The van der Waals surface area contributed by atoms with E-state index in [1.54, 1.807) is 0 Å². The summed E-state index contributed by atoms with van der Waals surface area (Å²) in [6.45, 7) is 2.88. The molecule has 2 rings (SSSR count). The van der Waals surface area contributed by atoms with Crippen LogP contribution < -0.4 is 0 Å². The number of para-hydroxylation sites is 1.